The molecule has 3 aromatic carbocycles. The van der Waals surface area contributed by atoms with Gasteiger partial charge in [0.05, 0.1) is 14.2 Å². The molecule has 0 radical (unpaired) electrons. The molecule has 0 saturated heterocycles. The molecular formula is C36H33ClN2O10. The molecule has 3 atom stereocenters. The lowest BCUT2D eigenvalue weighted by Crippen LogP contribution is -2.53. The number of methoxy groups -OCH3 is 2. The summed E-state index contributed by atoms with van der Waals surface area (Å²) in [6.45, 7) is 1.90. The van der Waals surface area contributed by atoms with Crippen LogP contribution in [0.15, 0.2) is 60.0 Å². The number of carbonyl (C=O) groups excluding carboxylic acids is 3. The highest BCUT2D eigenvalue weighted by atomic mass is 35.5. The predicted molar refractivity (Wildman–Crippen MR) is 177 cm³/mol. The first-order valence-electron chi connectivity index (χ1n) is 15.7. The predicted octanol–water partition coefficient (Wildman–Crippen LogP) is 5.54. The average Bonchev–Trinajstić information content (AvgIpc) is 3.80. The first-order chi connectivity index (χ1) is 23.6. The molecule has 0 fully saturated rings. The van der Waals surface area contributed by atoms with Crippen molar-refractivity contribution >= 4 is 40.0 Å². The molecule has 13 heteroatoms. The van der Waals surface area contributed by atoms with Gasteiger partial charge in [-0.25, -0.2) is 0 Å². The Bertz CT molecular complexity index is 2070. The second-order valence-corrected chi connectivity index (χ2v) is 12.6. The van der Waals surface area contributed by atoms with Gasteiger partial charge in [-0.1, -0.05) is 24.6 Å². The Kier molecular flexibility index (Phi) is 8.06. The van der Waals surface area contributed by atoms with Crippen LogP contribution in [0.25, 0.3) is 10.9 Å². The van der Waals surface area contributed by atoms with Crippen molar-refractivity contribution in [1.82, 2.24) is 10.3 Å². The minimum Gasteiger partial charge on any atom is -0.508 e. The molecule has 1 aromatic heterocycles. The number of carbonyl (C=O) groups is 3. The Morgan fingerprint density at radius 1 is 1.08 bits per heavy atom. The van der Waals surface area contributed by atoms with Crippen LogP contribution in [-0.4, -0.2) is 65.8 Å². The number of allylic oxidation sites excluding steroid dienone is 1. The van der Waals surface area contributed by atoms with E-state index in [9.17, 15) is 24.6 Å². The van der Waals surface area contributed by atoms with Crippen LogP contribution in [0.3, 0.4) is 0 Å². The third kappa shape index (κ3) is 5.18. The number of amides is 1. The van der Waals surface area contributed by atoms with Crippen molar-refractivity contribution in [3.8, 4) is 34.5 Å². The molecule has 7 rings (SSSR count). The van der Waals surface area contributed by atoms with E-state index in [0.717, 1.165) is 16.5 Å². The van der Waals surface area contributed by atoms with Gasteiger partial charge in [-0.15, -0.1) is 0 Å². The van der Waals surface area contributed by atoms with Gasteiger partial charge < -0.3 is 44.2 Å². The Hall–Kier alpha value is -5.36. The van der Waals surface area contributed by atoms with Crippen LogP contribution in [0.1, 0.15) is 47.2 Å². The lowest BCUT2D eigenvalue weighted by molar-refractivity contribution is -0.121. The minimum atomic E-state index is -2.01. The zero-order chi connectivity index (χ0) is 34.6. The minimum absolute atomic E-state index is 0.00963. The topological polar surface area (TPSA) is 166 Å². The number of H-pyrrole nitrogens is 1. The largest absolute Gasteiger partial charge is 0.508 e. The Morgan fingerprint density at radius 2 is 1.86 bits per heavy atom. The molecule has 1 spiro atoms. The van der Waals surface area contributed by atoms with Crippen molar-refractivity contribution in [2.75, 3.05) is 27.6 Å². The van der Waals surface area contributed by atoms with E-state index >= 15 is 0 Å². The fraction of sp³-hybridized carbons (Fsp3) is 0.306. The number of nitrogens with one attached hydrogen (secondary N) is 2. The van der Waals surface area contributed by atoms with Crippen LogP contribution in [0.4, 0.5) is 0 Å². The SMILES string of the molecule is COc1cc(OC)c2c(c1Cl)O[C@]1(C2=O)C(O)=C(C(CC(=O)NCCc2c[nH]c3ccc(O)cc23)c2ccc3c(c2)OCO3)C(=O)C[C@H]1C. The first-order valence-corrected chi connectivity index (χ1v) is 16.0. The zero-order valence-electron chi connectivity index (χ0n) is 26.8. The number of hydrogen-bond acceptors (Lipinski definition) is 10. The summed E-state index contributed by atoms with van der Waals surface area (Å²) in [5.74, 6) is -2.51. The maximum absolute atomic E-state index is 14.3. The molecule has 2 aliphatic heterocycles. The van der Waals surface area contributed by atoms with Gasteiger partial charge >= 0.3 is 0 Å². The zero-order valence-corrected chi connectivity index (χ0v) is 27.6. The van der Waals surface area contributed by atoms with Crippen molar-refractivity contribution in [1.29, 1.82) is 0 Å². The number of rotatable bonds is 9. The molecule has 49 heavy (non-hydrogen) atoms. The lowest BCUT2D eigenvalue weighted by atomic mass is 9.69. The van der Waals surface area contributed by atoms with Gasteiger partial charge in [0.15, 0.2) is 28.8 Å². The summed E-state index contributed by atoms with van der Waals surface area (Å²) < 4.78 is 28.2. The van der Waals surface area contributed by atoms with E-state index in [1.165, 1.54) is 20.3 Å². The number of aromatic amines is 1. The normalized spacial score (nSPS) is 20.0. The summed E-state index contributed by atoms with van der Waals surface area (Å²) in [5.41, 5.74) is 0.129. The quantitative estimate of drug-likeness (QED) is 0.175. The number of hydrogen-bond donors (Lipinski definition) is 4. The van der Waals surface area contributed by atoms with Gasteiger partial charge in [-0.3, -0.25) is 14.4 Å². The highest BCUT2D eigenvalue weighted by Gasteiger charge is 2.61. The van der Waals surface area contributed by atoms with E-state index in [0.29, 0.717) is 23.5 Å². The molecule has 0 saturated carbocycles. The number of ketones is 2. The van der Waals surface area contributed by atoms with Gasteiger partial charge in [-0.05, 0) is 47.9 Å². The second kappa shape index (κ2) is 12.3. The van der Waals surface area contributed by atoms with Gasteiger partial charge in [0.2, 0.25) is 24.1 Å². The average molecular weight is 689 g/mol. The monoisotopic (exact) mass is 688 g/mol. The molecule has 12 nitrogen and oxygen atoms in total. The number of aliphatic hydroxyl groups excluding tert-OH is 1. The van der Waals surface area contributed by atoms with Crippen molar-refractivity contribution < 1.29 is 48.3 Å². The summed E-state index contributed by atoms with van der Waals surface area (Å²) in [6.07, 6.45) is 1.88. The Balaban J connectivity index is 1.25. The molecule has 4 aromatic rings. The van der Waals surface area contributed by atoms with Gasteiger partial charge in [0, 0.05) is 60.0 Å². The Labute approximate surface area is 285 Å². The van der Waals surface area contributed by atoms with Crippen LogP contribution < -0.4 is 29.0 Å². The molecule has 1 unspecified atom stereocenters. The number of benzene rings is 3. The summed E-state index contributed by atoms with van der Waals surface area (Å²) in [4.78, 5) is 45.0. The maximum atomic E-state index is 14.3. The van der Waals surface area contributed by atoms with Gasteiger partial charge in [0.25, 0.3) is 0 Å². The third-order valence-corrected chi connectivity index (χ3v) is 9.87. The second-order valence-electron chi connectivity index (χ2n) is 12.3. The number of aromatic hydroxyl groups is 1. The fourth-order valence-electron chi connectivity index (χ4n) is 7.02. The summed E-state index contributed by atoms with van der Waals surface area (Å²) in [6, 6.07) is 11.5. The van der Waals surface area contributed by atoms with Crippen LogP contribution in [0.5, 0.6) is 34.5 Å². The van der Waals surface area contributed by atoms with Crippen molar-refractivity contribution in [3.05, 3.63) is 81.7 Å². The molecule has 1 amide bonds. The maximum Gasteiger partial charge on any atom is 0.231 e. The van der Waals surface area contributed by atoms with Crippen molar-refractivity contribution in [2.24, 2.45) is 5.92 Å². The number of aromatic nitrogens is 1. The number of phenols is 1. The summed E-state index contributed by atoms with van der Waals surface area (Å²) in [5, 5.41) is 25.8. The number of phenolic OH excluding ortho intramolecular Hbond substituents is 1. The van der Waals surface area contributed by atoms with E-state index in [-0.39, 0.29) is 65.3 Å². The van der Waals surface area contributed by atoms with Crippen molar-refractivity contribution in [2.45, 2.75) is 37.7 Å². The van der Waals surface area contributed by atoms with Gasteiger partial charge in [-0.2, -0.15) is 0 Å². The first kappa shape index (κ1) is 32.2. The van der Waals surface area contributed by atoms with E-state index in [4.69, 9.17) is 35.3 Å². The van der Waals surface area contributed by atoms with E-state index in [2.05, 4.69) is 10.3 Å². The Morgan fingerprint density at radius 3 is 2.63 bits per heavy atom. The van der Waals surface area contributed by atoms with Crippen LogP contribution in [-0.2, 0) is 16.0 Å². The number of fused-ring (bicyclic) bond motifs is 3. The summed E-state index contributed by atoms with van der Waals surface area (Å²) >= 11 is 6.60. The molecule has 1 aliphatic carbocycles. The van der Waals surface area contributed by atoms with E-state index < -0.39 is 40.7 Å². The third-order valence-electron chi connectivity index (χ3n) is 9.52. The fourth-order valence-corrected chi connectivity index (χ4v) is 7.29. The van der Waals surface area contributed by atoms with Crippen LogP contribution in [0, 0.1) is 5.92 Å². The smallest absolute Gasteiger partial charge is 0.231 e. The molecule has 254 valence electrons. The standard InChI is InChI=1S/C36H33ClN2O10/c1-17-10-24(41)30(34(43)36(17)35(44)31-27(45-2)14-28(46-3)32(37)33(31)49-36)22(18-4-7-25-26(11-18)48-16-47-25)13-29(42)38-9-8-19-15-39-23-6-5-20(40)12-21(19)23/h4-7,11-12,14-15,17,22,39-40,43H,8-10,13,16H2,1-3H3,(H,38,42)/t17-,22?,36+/m1/s1. The van der Waals surface area contributed by atoms with Crippen LogP contribution >= 0.6 is 11.6 Å². The molecule has 3 heterocycles. The number of halogens is 1. The molecular weight excluding hydrogens is 656 g/mol. The highest BCUT2D eigenvalue weighted by molar-refractivity contribution is 6.35. The molecule has 3 aliphatic rings. The van der Waals surface area contributed by atoms with Crippen molar-refractivity contribution in [3.63, 3.8) is 0 Å². The highest BCUT2D eigenvalue weighted by Crippen LogP contribution is 2.56. The number of ether oxygens (including phenoxy) is 5. The van der Waals surface area contributed by atoms with E-state index in [1.54, 1.807) is 43.3 Å². The van der Waals surface area contributed by atoms with Crippen LogP contribution in [0.2, 0.25) is 5.02 Å². The molecule has 0 bridgehead atoms. The number of aliphatic hydroxyl groups is 1. The lowest BCUT2D eigenvalue weighted by Gasteiger charge is -2.38. The molecule has 4 N–H and O–H groups in total. The van der Waals surface area contributed by atoms with E-state index in [1.807, 2.05) is 6.20 Å². The summed E-state index contributed by atoms with van der Waals surface area (Å²) in [7, 11) is 2.79. The van der Waals surface area contributed by atoms with Gasteiger partial charge in [0.1, 0.15) is 27.8 Å². The number of Topliss-reactive ketones (excluding diaryl/α,β-unsaturated/α-hetero) is 2.